The van der Waals surface area contributed by atoms with E-state index in [4.69, 9.17) is 11.6 Å². The fourth-order valence-corrected chi connectivity index (χ4v) is 4.85. The molecule has 2 heterocycles. The van der Waals surface area contributed by atoms with E-state index in [1.165, 1.54) is 11.8 Å². The Balaban J connectivity index is 1.60. The van der Waals surface area contributed by atoms with Crippen LogP contribution in [0.4, 0.5) is 5.69 Å². The zero-order valence-electron chi connectivity index (χ0n) is 18.4. The van der Waals surface area contributed by atoms with E-state index in [0.717, 1.165) is 11.3 Å². The molecular formula is C25H20ClN5O2S. The third-order valence-corrected chi connectivity index (χ3v) is 6.77. The molecule has 0 aliphatic heterocycles. The summed E-state index contributed by atoms with van der Waals surface area (Å²) >= 11 is 7.30. The van der Waals surface area contributed by atoms with Gasteiger partial charge in [-0.1, -0.05) is 59.8 Å². The van der Waals surface area contributed by atoms with E-state index in [0.29, 0.717) is 32.5 Å². The minimum atomic E-state index is -0.482. The van der Waals surface area contributed by atoms with Crippen LogP contribution in [0.15, 0.2) is 82.7 Å². The molecule has 5 rings (SSSR count). The number of carbonyl (C=O) groups excluding carboxylic acids is 1. The molecule has 1 amide bonds. The van der Waals surface area contributed by atoms with Crippen LogP contribution in [0.2, 0.25) is 5.02 Å². The molecular weight excluding hydrogens is 470 g/mol. The van der Waals surface area contributed by atoms with Crippen LogP contribution in [-0.4, -0.2) is 30.3 Å². The zero-order valence-corrected chi connectivity index (χ0v) is 20.0. The maximum Gasteiger partial charge on any atom is 0.267 e. The third-order valence-electron chi connectivity index (χ3n) is 5.49. The average Bonchev–Trinajstić information content (AvgIpc) is 3.23. The standard InChI is InChI=1S/C25H20ClN5O2S/c1-15-8-3-5-12-20(15)30-23(33)19-11-4-6-13-21(19)31-24(30)28-29-25(31)34-16(2)22(32)27-18-10-7-9-17(26)14-18/h3-14,16H,1-2H3,(H,27,32). The van der Waals surface area contributed by atoms with Gasteiger partial charge in [0.25, 0.3) is 5.56 Å². The summed E-state index contributed by atoms with van der Waals surface area (Å²) in [7, 11) is 0. The summed E-state index contributed by atoms with van der Waals surface area (Å²) in [5, 5.41) is 12.7. The molecule has 0 saturated carbocycles. The lowest BCUT2D eigenvalue weighted by molar-refractivity contribution is -0.115. The molecule has 1 unspecified atom stereocenters. The normalized spacial score (nSPS) is 12.2. The lowest BCUT2D eigenvalue weighted by atomic mass is 10.2. The van der Waals surface area contributed by atoms with Gasteiger partial charge >= 0.3 is 0 Å². The number of nitrogens with one attached hydrogen (secondary N) is 1. The number of amides is 1. The van der Waals surface area contributed by atoms with Gasteiger partial charge in [0.2, 0.25) is 11.7 Å². The predicted molar refractivity (Wildman–Crippen MR) is 136 cm³/mol. The quantitative estimate of drug-likeness (QED) is 0.347. The second-order valence-corrected chi connectivity index (χ2v) is 9.57. The Kier molecular flexibility index (Phi) is 5.85. The molecule has 34 heavy (non-hydrogen) atoms. The number of thioether (sulfide) groups is 1. The number of halogens is 1. The minimum absolute atomic E-state index is 0.173. The van der Waals surface area contributed by atoms with Crippen molar-refractivity contribution in [3.05, 3.63) is 93.7 Å². The maximum atomic E-state index is 13.5. The van der Waals surface area contributed by atoms with Crippen LogP contribution in [0.3, 0.4) is 0 Å². The number of carbonyl (C=O) groups is 1. The van der Waals surface area contributed by atoms with Crippen molar-refractivity contribution in [3.63, 3.8) is 0 Å². The first-order valence-corrected chi connectivity index (χ1v) is 11.9. The van der Waals surface area contributed by atoms with Crippen molar-refractivity contribution < 1.29 is 4.79 Å². The van der Waals surface area contributed by atoms with E-state index in [2.05, 4.69) is 15.5 Å². The Hall–Kier alpha value is -3.62. The molecule has 0 spiro atoms. The van der Waals surface area contributed by atoms with Crippen molar-refractivity contribution >= 4 is 51.6 Å². The van der Waals surface area contributed by atoms with Crippen LogP contribution in [0.5, 0.6) is 0 Å². The molecule has 0 aliphatic rings. The van der Waals surface area contributed by atoms with Gasteiger partial charge in [-0.2, -0.15) is 0 Å². The summed E-state index contributed by atoms with van der Waals surface area (Å²) in [5.41, 5.74) is 2.80. The van der Waals surface area contributed by atoms with Crippen molar-refractivity contribution in [2.24, 2.45) is 0 Å². The van der Waals surface area contributed by atoms with Crippen molar-refractivity contribution in [1.82, 2.24) is 19.2 Å². The second-order valence-electron chi connectivity index (χ2n) is 7.82. The van der Waals surface area contributed by atoms with E-state index in [1.54, 1.807) is 41.8 Å². The Morgan fingerprint density at radius 2 is 1.79 bits per heavy atom. The molecule has 170 valence electrons. The van der Waals surface area contributed by atoms with E-state index >= 15 is 0 Å². The van der Waals surface area contributed by atoms with Crippen molar-refractivity contribution in [1.29, 1.82) is 0 Å². The van der Waals surface area contributed by atoms with Gasteiger partial charge in [-0.25, -0.2) is 4.57 Å². The zero-order chi connectivity index (χ0) is 23.8. The van der Waals surface area contributed by atoms with Crippen LogP contribution in [0, 0.1) is 6.92 Å². The molecule has 0 bridgehead atoms. The molecule has 3 aromatic carbocycles. The number of anilines is 1. The lowest BCUT2D eigenvalue weighted by Gasteiger charge is -2.14. The fourth-order valence-electron chi connectivity index (χ4n) is 3.81. The van der Waals surface area contributed by atoms with E-state index in [9.17, 15) is 9.59 Å². The molecule has 0 aliphatic carbocycles. The highest BCUT2D eigenvalue weighted by molar-refractivity contribution is 8.00. The monoisotopic (exact) mass is 489 g/mol. The number of nitrogens with zero attached hydrogens (tertiary/aromatic N) is 4. The number of aromatic nitrogens is 4. The molecule has 9 heteroatoms. The second kappa shape index (κ2) is 8.96. The lowest BCUT2D eigenvalue weighted by Crippen LogP contribution is -2.24. The van der Waals surface area contributed by atoms with Crippen molar-refractivity contribution in [2.75, 3.05) is 5.32 Å². The van der Waals surface area contributed by atoms with Gasteiger partial charge in [0.05, 0.1) is 21.8 Å². The first kappa shape index (κ1) is 22.2. The Morgan fingerprint density at radius 1 is 1.03 bits per heavy atom. The molecule has 7 nitrogen and oxygen atoms in total. The van der Waals surface area contributed by atoms with Gasteiger partial charge in [-0.3, -0.25) is 14.0 Å². The van der Waals surface area contributed by atoms with Crippen LogP contribution < -0.4 is 10.9 Å². The summed E-state index contributed by atoms with van der Waals surface area (Å²) in [6.07, 6.45) is 0. The van der Waals surface area contributed by atoms with E-state index in [-0.39, 0.29) is 11.5 Å². The summed E-state index contributed by atoms with van der Waals surface area (Å²) in [6.45, 7) is 3.74. The van der Waals surface area contributed by atoms with E-state index in [1.807, 2.05) is 53.8 Å². The molecule has 5 aromatic rings. The van der Waals surface area contributed by atoms with Gasteiger partial charge in [-0.15, -0.1) is 10.2 Å². The Bertz CT molecular complexity index is 1610. The molecule has 0 fully saturated rings. The first-order chi connectivity index (χ1) is 16.4. The number of hydrogen-bond donors (Lipinski definition) is 1. The highest BCUT2D eigenvalue weighted by Crippen LogP contribution is 2.27. The third kappa shape index (κ3) is 3.95. The summed E-state index contributed by atoms with van der Waals surface area (Å²) < 4.78 is 3.41. The van der Waals surface area contributed by atoms with Gasteiger partial charge in [0.1, 0.15) is 0 Å². The summed E-state index contributed by atoms with van der Waals surface area (Å²) in [6, 6.07) is 22.0. The molecule has 0 radical (unpaired) electrons. The number of aryl methyl sites for hydroxylation is 1. The molecule has 0 saturated heterocycles. The maximum absolute atomic E-state index is 13.5. The smallest absolute Gasteiger partial charge is 0.267 e. The summed E-state index contributed by atoms with van der Waals surface area (Å²) in [4.78, 5) is 26.3. The number of hydrogen-bond acceptors (Lipinski definition) is 5. The van der Waals surface area contributed by atoms with Crippen molar-refractivity contribution in [3.8, 4) is 5.69 Å². The molecule has 1 atom stereocenters. The Labute approximate surface area is 204 Å². The first-order valence-electron chi connectivity index (χ1n) is 10.6. The van der Waals surface area contributed by atoms with Gasteiger partial charge in [0.15, 0.2) is 5.16 Å². The molecule has 2 aromatic heterocycles. The number of para-hydroxylation sites is 2. The highest BCUT2D eigenvalue weighted by Gasteiger charge is 2.22. The van der Waals surface area contributed by atoms with Gasteiger partial charge in [-0.05, 0) is 55.8 Å². The van der Waals surface area contributed by atoms with Crippen LogP contribution in [0.25, 0.3) is 22.4 Å². The van der Waals surface area contributed by atoms with Crippen LogP contribution >= 0.6 is 23.4 Å². The van der Waals surface area contributed by atoms with E-state index < -0.39 is 5.25 Å². The Morgan fingerprint density at radius 3 is 2.59 bits per heavy atom. The minimum Gasteiger partial charge on any atom is -0.325 e. The number of benzene rings is 3. The highest BCUT2D eigenvalue weighted by atomic mass is 35.5. The van der Waals surface area contributed by atoms with Crippen molar-refractivity contribution in [2.45, 2.75) is 24.3 Å². The van der Waals surface area contributed by atoms with Gasteiger partial charge in [0, 0.05) is 10.7 Å². The topological polar surface area (TPSA) is 81.3 Å². The van der Waals surface area contributed by atoms with Crippen LogP contribution in [0.1, 0.15) is 12.5 Å². The SMILES string of the molecule is Cc1ccccc1-n1c(=O)c2ccccc2n2c(SC(C)C(=O)Nc3cccc(Cl)c3)nnc12. The largest absolute Gasteiger partial charge is 0.325 e. The molecule has 1 N–H and O–H groups in total. The predicted octanol–water partition coefficient (Wildman–Crippen LogP) is 5.11. The average molecular weight is 490 g/mol. The number of rotatable bonds is 5. The fraction of sp³-hybridized carbons (Fsp3) is 0.120. The summed E-state index contributed by atoms with van der Waals surface area (Å²) in [5.74, 6) is 0.198. The van der Waals surface area contributed by atoms with Crippen LogP contribution in [-0.2, 0) is 4.79 Å². The van der Waals surface area contributed by atoms with Gasteiger partial charge < -0.3 is 5.32 Å². The number of fused-ring (bicyclic) bond motifs is 3.